The maximum absolute atomic E-state index is 11.7. The number of halogens is 2. The lowest BCUT2D eigenvalue weighted by atomic mass is 10.2. The summed E-state index contributed by atoms with van der Waals surface area (Å²) in [5, 5.41) is 14.9. The minimum atomic E-state index is -0.470. The van der Waals surface area contributed by atoms with Crippen LogP contribution in [0.2, 0.25) is 10.0 Å². The van der Waals surface area contributed by atoms with Crippen LogP contribution in [0.5, 0.6) is 0 Å². The highest BCUT2D eigenvalue weighted by molar-refractivity contribution is 6.33. The Morgan fingerprint density at radius 2 is 1.85 bits per heavy atom. The molecule has 9 heteroatoms. The zero-order chi connectivity index (χ0) is 18.5. The first-order valence-electron chi connectivity index (χ1n) is 7.42. The fraction of sp³-hybridized carbons (Fsp3) is 0.0588. The van der Waals surface area contributed by atoms with Crippen molar-refractivity contribution in [3.05, 3.63) is 64.3 Å². The van der Waals surface area contributed by atoms with Crippen LogP contribution < -0.4 is 10.6 Å². The van der Waals surface area contributed by atoms with Gasteiger partial charge in [-0.25, -0.2) is 4.79 Å². The summed E-state index contributed by atoms with van der Waals surface area (Å²) in [5.41, 5.74) is 1.61. The lowest BCUT2D eigenvalue weighted by Crippen LogP contribution is -2.05. The number of benzene rings is 2. The number of carbonyl (C=O) groups excluding carboxylic acids is 1. The van der Waals surface area contributed by atoms with Crippen LogP contribution in [-0.4, -0.2) is 28.3 Å². The zero-order valence-electron chi connectivity index (χ0n) is 13.5. The molecule has 2 N–H and O–H groups in total. The van der Waals surface area contributed by atoms with Crippen LogP contribution in [-0.2, 0) is 4.74 Å². The van der Waals surface area contributed by atoms with E-state index in [9.17, 15) is 4.79 Å². The number of ether oxygens (including phenoxy) is 1. The molecule has 0 aliphatic carbocycles. The van der Waals surface area contributed by atoms with Gasteiger partial charge in [-0.2, -0.15) is 10.1 Å². The quantitative estimate of drug-likeness (QED) is 0.622. The van der Waals surface area contributed by atoms with Crippen molar-refractivity contribution in [2.45, 2.75) is 0 Å². The summed E-state index contributed by atoms with van der Waals surface area (Å²) in [6.45, 7) is 0. The Kier molecular flexibility index (Phi) is 5.50. The summed E-state index contributed by atoms with van der Waals surface area (Å²) < 4.78 is 4.70. The molecule has 0 aliphatic heterocycles. The molecule has 0 unspecified atom stereocenters. The van der Waals surface area contributed by atoms with Gasteiger partial charge in [0.25, 0.3) is 0 Å². The van der Waals surface area contributed by atoms with Crippen molar-refractivity contribution in [1.29, 1.82) is 0 Å². The molecular formula is C17H13Cl2N5O2. The van der Waals surface area contributed by atoms with Crippen LogP contribution in [0.15, 0.2) is 48.7 Å². The van der Waals surface area contributed by atoms with E-state index in [-0.39, 0.29) is 5.95 Å². The molecule has 0 aliphatic rings. The summed E-state index contributed by atoms with van der Waals surface area (Å²) in [4.78, 5) is 16.0. The Balaban J connectivity index is 1.80. The van der Waals surface area contributed by atoms with Crippen molar-refractivity contribution >= 4 is 52.3 Å². The Labute approximate surface area is 159 Å². The van der Waals surface area contributed by atoms with Gasteiger partial charge in [0.05, 0.1) is 29.6 Å². The van der Waals surface area contributed by atoms with E-state index >= 15 is 0 Å². The first-order valence-corrected chi connectivity index (χ1v) is 8.18. The molecule has 0 amide bonds. The normalized spacial score (nSPS) is 10.3. The molecule has 0 radical (unpaired) electrons. The number of aromatic nitrogens is 3. The first-order chi connectivity index (χ1) is 12.5. The van der Waals surface area contributed by atoms with E-state index in [0.717, 1.165) is 5.69 Å². The Morgan fingerprint density at radius 3 is 2.58 bits per heavy atom. The van der Waals surface area contributed by atoms with E-state index in [1.54, 1.807) is 30.3 Å². The van der Waals surface area contributed by atoms with Gasteiger partial charge in [0.2, 0.25) is 5.95 Å². The average Bonchev–Trinajstić information content (AvgIpc) is 2.65. The Bertz CT molecular complexity index is 935. The number of rotatable bonds is 5. The number of nitrogens with one attached hydrogen (secondary N) is 2. The van der Waals surface area contributed by atoms with Gasteiger partial charge in [-0.3, -0.25) is 0 Å². The van der Waals surface area contributed by atoms with Crippen molar-refractivity contribution in [3.8, 4) is 0 Å². The van der Waals surface area contributed by atoms with Gasteiger partial charge in [-0.1, -0.05) is 23.2 Å². The number of hydrogen-bond acceptors (Lipinski definition) is 7. The van der Waals surface area contributed by atoms with Crippen LogP contribution in [0.4, 0.5) is 23.1 Å². The lowest BCUT2D eigenvalue weighted by Gasteiger charge is -2.10. The molecule has 0 fully saturated rings. The number of anilines is 4. The standard InChI is InChI=1S/C17H13Cl2N5O2/c1-26-16(25)10-2-7-13(19)14(8-10)22-17-23-15(9-20-24-17)21-12-5-3-11(18)4-6-12/h2-9H,1H3,(H2,21,22,23,24). The van der Waals surface area contributed by atoms with Gasteiger partial charge < -0.3 is 15.4 Å². The number of methoxy groups -OCH3 is 1. The zero-order valence-corrected chi connectivity index (χ0v) is 15.0. The maximum Gasteiger partial charge on any atom is 0.337 e. The van der Waals surface area contributed by atoms with Crippen molar-refractivity contribution in [2.24, 2.45) is 0 Å². The molecule has 0 bridgehead atoms. The lowest BCUT2D eigenvalue weighted by molar-refractivity contribution is 0.0601. The van der Waals surface area contributed by atoms with E-state index < -0.39 is 5.97 Å². The van der Waals surface area contributed by atoms with Crippen LogP contribution in [0, 0.1) is 0 Å². The van der Waals surface area contributed by atoms with Gasteiger partial charge in [-0.15, -0.1) is 5.10 Å². The minimum absolute atomic E-state index is 0.216. The molecule has 26 heavy (non-hydrogen) atoms. The molecule has 3 rings (SSSR count). The molecule has 1 aromatic heterocycles. The molecule has 0 atom stereocenters. The Hall–Kier alpha value is -2.90. The molecule has 2 aromatic carbocycles. The van der Waals surface area contributed by atoms with Crippen LogP contribution in [0.3, 0.4) is 0 Å². The van der Waals surface area contributed by atoms with Gasteiger partial charge >= 0.3 is 5.97 Å². The molecule has 0 spiro atoms. The van der Waals surface area contributed by atoms with Crippen LogP contribution in [0.25, 0.3) is 0 Å². The summed E-state index contributed by atoms with van der Waals surface area (Å²) in [6.07, 6.45) is 1.48. The highest BCUT2D eigenvalue weighted by Crippen LogP contribution is 2.26. The summed E-state index contributed by atoms with van der Waals surface area (Å²) in [5.74, 6) is 0.222. The second-order valence-electron chi connectivity index (χ2n) is 5.11. The van der Waals surface area contributed by atoms with E-state index in [0.29, 0.717) is 27.1 Å². The smallest absolute Gasteiger partial charge is 0.337 e. The maximum atomic E-state index is 11.7. The first kappa shape index (κ1) is 17.9. The third kappa shape index (κ3) is 4.38. The predicted molar refractivity (Wildman–Crippen MR) is 101 cm³/mol. The molecular weight excluding hydrogens is 377 g/mol. The highest BCUT2D eigenvalue weighted by atomic mass is 35.5. The van der Waals surface area contributed by atoms with E-state index in [1.165, 1.54) is 13.3 Å². The van der Waals surface area contributed by atoms with E-state index in [4.69, 9.17) is 27.9 Å². The average molecular weight is 390 g/mol. The van der Waals surface area contributed by atoms with Crippen molar-refractivity contribution in [3.63, 3.8) is 0 Å². The van der Waals surface area contributed by atoms with Crippen molar-refractivity contribution < 1.29 is 9.53 Å². The van der Waals surface area contributed by atoms with Gasteiger partial charge in [0.15, 0.2) is 5.82 Å². The second kappa shape index (κ2) is 7.99. The Morgan fingerprint density at radius 1 is 1.08 bits per heavy atom. The topological polar surface area (TPSA) is 89.0 Å². The number of carbonyl (C=O) groups is 1. The largest absolute Gasteiger partial charge is 0.465 e. The monoisotopic (exact) mass is 389 g/mol. The fourth-order valence-electron chi connectivity index (χ4n) is 2.08. The number of hydrogen-bond donors (Lipinski definition) is 2. The molecule has 0 saturated carbocycles. The third-order valence-corrected chi connectivity index (χ3v) is 3.89. The molecule has 1 heterocycles. The predicted octanol–water partition coefficient (Wildman–Crippen LogP) is 4.45. The molecule has 132 valence electrons. The van der Waals surface area contributed by atoms with Gasteiger partial charge in [-0.05, 0) is 42.5 Å². The molecule has 3 aromatic rings. The molecule has 0 saturated heterocycles. The summed E-state index contributed by atoms with van der Waals surface area (Å²) >= 11 is 12.0. The fourth-order valence-corrected chi connectivity index (χ4v) is 2.37. The van der Waals surface area contributed by atoms with Gasteiger partial charge in [0.1, 0.15) is 0 Å². The summed E-state index contributed by atoms with van der Waals surface area (Å²) in [7, 11) is 1.31. The van der Waals surface area contributed by atoms with Crippen LogP contribution in [0.1, 0.15) is 10.4 Å². The van der Waals surface area contributed by atoms with Gasteiger partial charge in [0, 0.05) is 10.7 Å². The van der Waals surface area contributed by atoms with Crippen LogP contribution >= 0.6 is 23.2 Å². The van der Waals surface area contributed by atoms with E-state index in [1.807, 2.05) is 12.1 Å². The van der Waals surface area contributed by atoms with Crippen molar-refractivity contribution in [1.82, 2.24) is 15.2 Å². The number of esters is 1. The van der Waals surface area contributed by atoms with E-state index in [2.05, 4.69) is 25.8 Å². The SMILES string of the molecule is COC(=O)c1ccc(Cl)c(Nc2nncc(Nc3ccc(Cl)cc3)n2)c1. The highest BCUT2D eigenvalue weighted by Gasteiger charge is 2.10. The molecule has 7 nitrogen and oxygen atoms in total. The summed E-state index contributed by atoms with van der Waals surface area (Å²) in [6, 6.07) is 11.8. The minimum Gasteiger partial charge on any atom is -0.465 e. The number of nitrogens with zero attached hydrogens (tertiary/aromatic N) is 3. The van der Waals surface area contributed by atoms with Crippen molar-refractivity contribution in [2.75, 3.05) is 17.7 Å². The second-order valence-corrected chi connectivity index (χ2v) is 5.95. The third-order valence-electron chi connectivity index (χ3n) is 3.31.